The van der Waals surface area contributed by atoms with Gasteiger partial charge in [0.15, 0.2) is 0 Å². The van der Waals surface area contributed by atoms with Gasteiger partial charge in [0.05, 0.1) is 38.1 Å². The predicted octanol–water partition coefficient (Wildman–Crippen LogP) is 4.61. The van der Waals surface area contributed by atoms with Gasteiger partial charge in [0.25, 0.3) is 0 Å². The molecule has 9 heteroatoms. The van der Waals surface area contributed by atoms with E-state index in [-0.39, 0.29) is 18.4 Å². The first-order chi connectivity index (χ1) is 14.3. The Morgan fingerprint density at radius 2 is 1.70 bits per heavy atom. The van der Waals surface area contributed by atoms with Crippen LogP contribution in [0.2, 0.25) is 5.02 Å². The van der Waals surface area contributed by atoms with E-state index in [4.69, 9.17) is 25.8 Å². The van der Waals surface area contributed by atoms with E-state index in [0.717, 1.165) is 0 Å². The van der Waals surface area contributed by atoms with Crippen molar-refractivity contribution in [1.29, 1.82) is 0 Å². The van der Waals surface area contributed by atoms with Crippen molar-refractivity contribution in [3.8, 4) is 11.5 Å². The molecule has 2 aromatic rings. The van der Waals surface area contributed by atoms with E-state index in [2.05, 4.69) is 16.0 Å². The number of amides is 2. The summed E-state index contributed by atoms with van der Waals surface area (Å²) in [6.07, 6.45) is -0.526. The van der Waals surface area contributed by atoms with Gasteiger partial charge in [0, 0.05) is 17.4 Å². The first-order valence-corrected chi connectivity index (χ1v) is 9.69. The van der Waals surface area contributed by atoms with Crippen LogP contribution in [0, 0.1) is 5.92 Å². The Morgan fingerprint density at radius 3 is 2.37 bits per heavy atom. The van der Waals surface area contributed by atoms with Gasteiger partial charge in [-0.15, -0.1) is 0 Å². The van der Waals surface area contributed by atoms with E-state index in [9.17, 15) is 9.59 Å². The Hall–Kier alpha value is -3.13. The lowest BCUT2D eigenvalue weighted by atomic mass is 10.2. The lowest BCUT2D eigenvalue weighted by Gasteiger charge is -2.14. The second kappa shape index (κ2) is 11.2. The molecule has 0 unspecified atom stereocenters. The summed E-state index contributed by atoms with van der Waals surface area (Å²) in [6.45, 7) is 4.24. The van der Waals surface area contributed by atoms with E-state index >= 15 is 0 Å². The highest BCUT2D eigenvalue weighted by Crippen LogP contribution is 2.35. The van der Waals surface area contributed by atoms with Gasteiger partial charge in [0.2, 0.25) is 5.91 Å². The molecule has 0 spiro atoms. The van der Waals surface area contributed by atoms with Gasteiger partial charge in [-0.25, -0.2) is 4.79 Å². The molecule has 0 bridgehead atoms. The topological polar surface area (TPSA) is 97.9 Å². The molecule has 2 amide bonds. The van der Waals surface area contributed by atoms with Crippen molar-refractivity contribution in [1.82, 2.24) is 0 Å². The molecule has 30 heavy (non-hydrogen) atoms. The van der Waals surface area contributed by atoms with Gasteiger partial charge in [-0.1, -0.05) is 31.5 Å². The van der Waals surface area contributed by atoms with Crippen molar-refractivity contribution in [2.75, 3.05) is 43.3 Å². The fraction of sp³-hybridized carbons (Fsp3) is 0.333. The van der Waals surface area contributed by atoms with Crippen LogP contribution in [0.4, 0.5) is 21.9 Å². The van der Waals surface area contributed by atoms with Crippen LogP contribution in [0.3, 0.4) is 0 Å². The Kier molecular flexibility index (Phi) is 8.61. The third kappa shape index (κ3) is 7.04. The van der Waals surface area contributed by atoms with Gasteiger partial charge >= 0.3 is 6.09 Å². The fourth-order valence-corrected chi connectivity index (χ4v) is 2.68. The molecule has 0 fully saturated rings. The smallest absolute Gasteiger partial charge is 0.411 e. The fourth-order valence-electron chi connectivity index (χ4n) is 2.44. The van der Waals surface area contributed by atoms with Gasteiger partial charge in [-0.3, -0.25) is 10.1 Å². The van der Waals surface area contributed by atoms with Gasteiger partial charge in [-0.2, -0.15) is 0 Å². The summed E-state index contributed by atoms with van der Waals surface area (Å²) in [5, 5.41) is 8.75. The zero-order valence-corrected chi connectivity index (χ0v) is 18.1. The first-order valence-electron chi connectivity index (χ1n) is 9.31. The maximum Gasteiger partial charge on any atom is 0.411 e. The van der Waals surface area contributed by atoms with Crippen molar-refractivity contribution >= 4 is 40.7 Å². The molecular weight excluding hydrogens is 410 g/mol. The Labute approximate surface area is 180 Å². The minimum Gasteiger partial charge on any atom is -0.495 e. The Morgan fingerprint density at radius 1 is 1.00 bits per heavy atom. The van der Waals surface area contributed by atoms with E-state index in [0.29, 0.717) is 40.2 Å². The predicted molar refractivity (Wildman–Crippen MR) is 118 cm³/mol. The van der Waals surface area contributed by atoms with Crippen LogP contribution < -0.4 is 25.4 Å². The molecule has 2 rings (SSSR count). The number of hydrogen-bond acceptors (Lipinski definition) is 6. The van der Waals surface area contributed by atoms with Gasteiger partial charge in [-0.05, 0) is 30.2 Å². The third-order valence-electron chi connectivity index (χ3n) is 3.86. The van der Waals surface area contributed by atoms with Crippen molar-refractivity contribution in [2.45, 2.75) is 13.8 Å². The van der Waals surface area contributed by atoms with Gasteiger partial charge < -0.3 is 24.8 Å². The number of carbonyl (C=O) groups excluding carboxylic acids is 2. The molecule has 0 saturated carbocycles. The number of rotatable bonds is 9. The number of halogens is 1. The maximum atomic E-state index is 12.3. The van der Waals surface area contributed by atoms with E-state index in [1.54, 1.807) is 36.4 Å². The highest BCUT2D eigenvalue weighted by Gasteiger charge is 2.13. The average molecular weight is 436 g/mol. The summed E-state index contributed by atoms with van der Waals surface area (Å²) in [5.41, 5.74) is 1.64. The molecule has 162 valence electrons. The number of benzene rings is 2. The molecule has 8 nitrogen and oxygen atoms in total. The van der Waals surface area contributed by atoms with Crippen molar-refractivity contribution in [3.05, 3.63) is 41.4 Å². The lowest BCUT2D eigenvalue weighted by molar-refractivity contribution is -0.114. The second-order valence-corrected chi connectivity index (χ2v) is 7.19. The summed E-state index contributed by atoms with van der Waals surface area (Å²) in [7, 11) is 2.98. The lowest BCUT2D eigenvalue weighted by Crippen LogP contribution is -2.22. The monoisotopic (exact) mass is 435 g/mol. The van der Waals surface area contributed by atoms with Crippen LogP contribution in [-0.2, 0) is 9.53 Å². The number of hydrogen-bond donors (Lipinski definition) is 3. The first kappa shape index (κ1) is 23.2. The van der Waals surface area contributed by atoms with E-state index < -0.39 is 6.09 Å². The molecule has 0 aromatic heterocycles. The van der Waals surface area contributed by atoms with Crippen LogP contribution in [0.15, 0.2) is 36.4 Å². The summed E-state index contributed by atoms with van der Waals surface area (Å²) in [6, 6.07) is 10.1. The highest BCUT2D eigenvalue weighted by atomic mass is 35.5. The Bertz CT molecular complexity index is 889. The van der Waals surface area contributed by atoms with Crippen molar-refractivity contribution in [3.63, 3.8) is 0 Å². The van der Waals surface area contributed by atoms with Gasteiger partial charge in [0.1, 0.15) is 11.5 Å². The zero-order chi connectivity index (χ0) is 22.1. The molecule has 0 aliphatic heterocycles. The minimum atomic E-state index is -0.526. The van der Waals surface area contributed by atoms with Crippen LogP contribution in [0.25, 0.3) is 0 Å². The number of methoxy groups -OCH3 is 2. The third-order valence-corrected chi connectivity index (χ3v) is 4.15. The summed E-state index contributed by atoms with van der Waals surface area (Å²) >= 11 is 6.12. The van der Waals surface area contributed by atoms with E-state index in [1.807, 2.05) is 13.8 Å². The molecule has 2 aromatic carbocycles. The quantitative estimate of drug-likeness (QED) is 0.532. The molecule has 0 saturated heterocycles. The highest BCUT2D eigenvalue weighted by molar-refractivity contribution is 6.32. The van der Waals surface area contributed by atoms with E-state index in [1.165, 1.54) is 14.2 Å². The standard InChI is InChI=1S/C21H26ClN3O5/c1-13(2)12-30-21(27)24-15-7-5-6-14(8-15)23-11-20(26)25-17-9-16(22)18(28-3)10-19(17)29-4/h5-10,13,23H,11-12H2,1-4H3,(H,24,27)(H,25,26). The molecule has 0 heterocycles. The van der Waals surface area contributed by atoms with Crippen LogP contribution in [0.5, 0.6) is 11.5 Å². The summed E-state index contributed by atoms with van der Waals surface area (Å²) in [4.78, 5) is 24.1. The average Bonchev–Trinajstić information content (AvgIpc) is 2.71. The number of nitrogens with one attached hydrogen (secondary N) is 3. The largest absolute Gasteiger partial charge is 0.495 e. The van der Waals surface area contributed by atoms with Crippen molar-refractivity contribution in [2.24, 2.45) is 5.92 Å². The molecule has 0 atom stereocenters. The minimum absolute atomic E-state index is 0.00590. The molecule has 0 radical (unpaired) electrons. The number of carbonyl (C=O) groups is 2. The molecular formula is C21H26ClN3O5. The number of anilines is 3. The SMILES string of the molecule is COc1cc(OC)c(NC(=O)CNc2cccc(NC(=O)OCC(C)C)c2)cc1Cl. The molecule has 0 aliphatic rings. The van der Waals surface area contributed by atoms with Crippen LogP contribution in [-0.4, -0.2) is 39.4 Å². The zero-order valence-electron chi connectivity index (χ0n) is 17.4. The molecule has 3 N–H and O–H groups in total. The molecule has 0 aliphatic carbocycles. The normalized spacial score (nSPS) is 10.3. The Balaban J connectivity index is 1.94. The summed E-state index contributed by atoms with van der Waals surface area (Å²) in [5.74, 6) is 0.822. The van der Waals surface area contributed by atoms with Crippen LogP contribution in [0.1, 0.15) is 13.8 Å². The van der Waals surface area contributed by atoms with Crippen LogP contribution >= 0.6 is 11.6 Å². The second-order valence-electron chi connectivity index (χ2n) is 6.79. The van der Waals surface area contributed by atoms with Crippen molar-refractivity contribution < 1.29 is 23.8 Å². The summed E-state index contributed by atoms with van der Waals surface area (Å²) < 4.78 is 15.5. The maximum absolute atomic E-state index is 12.3. The number of ether oxygens (including phenoxy) is 3.